The van der Waals surface area contributed by atoms with Gasteiger partial charge in [-0.3, -0.25) is 5.32 Å². The number of hydrogen-bond acceptors (Lipinski definition) is 1. The molecule has 114 valence electrons. The summed E-state index contributed by atoms with van der Waals surface area (Å²) in [6.45, 7) is 0. The van der Waals surface area contributed by atoms with Crippen molar-refractivity contribution in [2.75, 3.05) is 0 Å². The monoisotopic (exact) mass is 324 g/mol. The van der Waals surface area contributed by atoms with Gasteiger partial charge >= 0.3 is 0 Å². The zero-order chi connectivity index (χ0) is 14.9. The highest BCUT2D eigenvalue weighted by molar-refractivity contribution is 6.03. The molecule has 0 spiro atoms. The van der Waals surface area contributed by atoms with E-state index in [1.807, 2.05) is 59.9 Å². The van der Waals surface area contributed by atoms with Gasteiger partial charge in [0, 0.05) is 6.07 Å². The van der Waals surface area contributed by atoms with Crippen LogP contribution < -0.4 is 17.7 Å². The first kappa shape index (κ1) is 15.4. The third-order valence-electron chi connectivity index (χ3n) is 3.83. The summed E-state index contributed by atoms with van der Waals surface area (Å²) < 4.78 is 14.0. The van der Waals surface area contributed by atoms with Gasteiger partial charge in [-0.1, -0.05) is 36.4 Å². The minimum atomic E-state index is -0.215. The van der Waals surface area contributed by atoms with Crippen molar-refractivity contribution in [2.24, 2.45) is 0 Å². The van der Waals surface area contributed by atoms with Gasteiger partial charge in [-0.05, 0) is 30.3 Å². The van der Waals surface area contributed by atoms with Crippen LogP contribution in [0.4, 0.5) is 15.8 Å². The predicted octanol–water partition coefficient (Wildman–Crippen LogP) is 1.06. The number of nitrogens with zero attached hydrogens (tertiary/aromatic N) is 1. The Hall–Kier alpha value is -2.49. The van der Waals surface area contributed by atoms with Crippen LogP contribution in [0.5, 0.6) is 0 Å². The molecule has 2 N–H and O–H groups in total. The highest BCUT2D eigenvalue weighted by Crippen LogP contribution is 2.28. The molecule has 3 aromatic carbocycles. The van der Waals surface area contributed by atoms with E-state index in [0.717, 1.165) is 27.5 Å². The lowest BCUT2D eigenvalue weighted by Gasteiger charge is -2.09. The number of nitrogens with two attached hydrogens (primary N) is 1. The Morgan fingerprint density at radius 1 is 0.696 bits per heavy atom. The average Bonchev–Trinajstić information content (AvgIpc) is 2.56. The summed E-state index contributed by atoms with van der Waals surface area (Å²) >= 11 is 0. The molecule has 0 saturated carbocycles. The van der Waals surface area contributed by atoms with Crippen molar-refractivity contribution >= 4 is 33.2 Å². The zero-order valence-corrected chi connectivity index (χ0v) is 13.0. The Labute approximate surface area is 139 Å². The largest absolute Gasteiger partial charge is 1.00 e. The van der Waals surface area contributed by atoms with Crippen molar-refractivity contribution in [3.63, 3.8) is 0 Å². The fourth-order valence-corrected chi connectivity index (χ4v) is 2.78. The number of quaternary nitrogens is 1. The van der Waals surface area contributed by atoms with Crippen molar-refractivity contribution in [2.45, 2.75) is 0 Å². The van der Waals surface area contributed by atoms with Crippen LogP contribution in [-0.4, -0.2) is 4.98 Å². The lowest BCUT2D eigenvalue weighted by molar-refractivity contribution is -0.477. The SMILES string of the molecule is Fc1ccccc1[NH2+]c1c2ccccc2nc2ccccc12.[Cl-]. The standard InChI is InChI=1S/C19H13FN2.ClH/c20-15-9-3-6-12-18(15)22-19-13-7-1-4-10-16(13)21-17-11-5-2-8-14(17)19;/h1-12H,(H,21,22);1H. The van der Waals surface area contributed by atoms with Gasteiger partial charge in [-0.15, -0.1) is 0 Å². The molecule has 0 fully saturated rings. The molecule has 0 aliphatic carbocycles. The molecule has 4 heteroatoms. The molecule has 0 aliphatic heterocycles. The molecule has 23 heavy (non-hydrogen) atoms. The second-order valence-electron chi connectivity index (χ2n) is 5.23. The summed E-state index contributed by atoms with van der Waals surface area (Å²) in [5.74, 6) is -0.215. The van der Waals surface area contributed by atoms with Crippen molar-refractivity contribution in [3.05, 3.63) is 78.6 Å². The van der Waals surface area contributed by atoms with Crippen LogP contribution in [-0.2, 0) is 0 Å². The van der Waals surface area contributed by atoms with Crippen LogP contribution in [0.15, 0.2) is 72.8 Å². The van der Waals surface area contributed by atoms with Crippen molar-refractivity contribution in [1.82, 2.24) is 4.98 Å². The van der Waals surface area contributed by atoms with Gasteiger partial charge in [0.25, 0.3) is 0 Å². The Balaban J connectivity index is 0.00000156. The van der Waals surface area contributed by atoms with Crippen LogP contribution >= 0.6 is 0 Å². The molecule has 1 heterocycles. The fraction of sp³-hybridized carbons (Fsp3) is 0. The first-order chi connectivity index (χ1) is 10.8. The lowest BCUT2D eigenvalue weighted by atomic mass is 10.1. The smallest absolute Gasteiger partial charge is 0.184 e. The number of halogens is 2. The van der Waals surface area contributed by atoms with Gasteiger partial charge < -0.3 is 12.4 Å². The van der Waals surface area contributed by atoms with Crippen LogP contribution in [0.3, 0.4) is 0 Å². The van der Waals surface area contributed by atoms with Gasteiger partial charge in [0.2, 0.25) is 0 Å². The summed E-state index contributed by atoms with van der Waals surface area (Å²) in [6.07, 6.45) is 0. The third kappa shape index (κ3) is 2.77. The van der Waals surface area contributed by atoms with Crippen molar-refractivity contribution in [3.8, 4) is 0 Å². The number of para-hydroxylation sites is 3. The fourth-order valence-electron chi connectivity index (χ4n) is 2.78. The van der Waals surface area contributed by atoms with Crippen LogP contribution in [0.1, 0.15) is 0 Å². The molecular weight excluding hydrogens is 311 g/mol. The Morgan fingerprint density at radius 2 is 1.22 bits per heavy atom. The van der Waals surface area contributed by atoms with E-state index in [4.69, 9.17) is 0 Å². The molecule has 4 aromatic rings. The van der Waals surface area contributed by atoms with Gasteiger partial charge in [0.1, 0.15) is 0 Å². The van der Waals surface area contributed by atoms with Gasteiger partial charge in [-0.2, -0.15) is 0 Å². The Kier molecular flexibility index (Phi) is 4.24. The van der Waals surface area contributed by atoms with E-state index >= 15 is 0 Å². The summed E-state index contributed by atoms with van der Waals surface area (Å²) in [5, 5.41) is 3.97. The zero-order valence-electron chi connectivity index (χ0n) is 12.2. The van der Waals surface area contributed by atoms with Crippen LogP contribution in [0.25, 0.3) is 21.8 Å². The summed E-state index contributed by atoms with van der Waals surface area (Å²) in [5.41, 5.74) is 3.43. The molecule has 0 bridgehead atoms. The Bertz CT molecular complexity index is 931. The third-order valence-corrected chi connectivity index (χ3v) is 3.83. The number of benzene rings is 3. The maximum atomic E-state index is 14.0. The van der Waals surface area contributed by atoms with E-state index in [1.54, 1.807) is 12.1 Å². The summed E-state index contributed by atoms with van der Waals surface area (Å²) in [4.78, 5) is 4.69. The van der Waals surface area contributed by atoms with Gasteiger partial charge in [-0.25, -0.2) is 9.37 Å². The molecule has 1 aromatic heterocycles. The second-order valence-corrected chi connectivity index (χ2v) is 5.23. The second kappa shape index (κ2) is 6.32. The molecule has 0 radical (unpaired) electrons. The molecule has 2 nitrogen and oxygen atoms in total. The van der Waals surface area contributed by atoms with E-state index in [1.165, 1.54) is 6.07 Å². The highest BCUT2D eigenvalue weighted by atomic mass is 35.5. The predicted molar refractivity (Wildman–Crippen MR) is 86.9 cm³/mol. The number of hydrogen-bond donors (Lipinski definition) is 1. The minimum absolute atomic E-state index is 0. The molecule has 0 aliphatic rings. The maximum absolute atomic E-state index is 14.0. The van der Waals surface area contributed by atoms with E-state index < -0.39 is 0 Å². The minimum Gasteiger partial charge on any atom is -1.00 e. The molecular formula is C19H14ClFN2. The van der Waals surface area contributed by atoms with Crippen molar-refractivity contribution in [1.29, 1.82) is 0 Å². The average molecular weight is 325 g/mol. The molecule has 0 atom stereocenters. The quantitative estimate of drug-likeness (QED) is 0.433. The van der Waals surface area contributed by atoms with E-state index in [9.17, 15) is 4.39 Å². The number of fused-ring (bicyclic) bond motifs is 2. The molecule has 0 saturated heterocycles. The Morgan fingerprint density at radius 3 is 1.83 bits per heavy atom. The normalized spacial score (nSPS) is 10.7. The molecule has 0 amide bonds. The van der Waals surface area contributed by atoms with E-state index in [2.05, 4.69) is 4.98 Å². The van der Waals surface area contributed by atoms with Crippen LogP contribution in [0.2, 0.25) is 0 Å². The first-order valence-corrected chi connectivity index (χ1v) is 7.20. The maximum Gasteiger partial charge on any atom is 0.184 e. The van der Waals surface area contributed by atoms with Crippen molar-refractivity contribution < 1.29 is 22.1 Å². The topological polar surface area (TPSA) is 29.5 Å². The van der Waals surface area contributed by atoms with Gasteiger partial charge in [0.05, 0.1) is 21.8 Å². The molecule has 0 unspecified atom stereocenters. The van der Waals surface area contributed by atoms with Crippen LogP contribution in [0, 0.1) is 5.82 Å². The number of pyridine rings is 1. The van der Waals surface area contributed by atoms with Gasteiger partial charge in [0.15, 0.2) is 17.2 Å². The summed E-state index contributed by atoms with van der Waals surface area (Å²) in [7, 11) is 0. The lowest BCUT2D eigenvalue weighted by Crippen LogP contribution is -3.00. The van der Waals surface area contributed by atoms with E-state index in [-0.39, 0.29) is 18.2 Å². The van der Waals surface area contributed by atoms with E-state index in [0.29, 0.717) is 5.69 Å². The summed E-state index contributed by atoms with van der Waals surface area (Å²) in [6, 6.07) is 22.8. The molecule has 4 rings (SSSR count). The number of aromatic nitrogens is 1. The number of rotatable bonds is 2. The highest BCUT2D eigenvalue weighted by Gasteiger charge is 2.14. The first-order valence-electron chi connectivity index (χ1n) is 7.20.